The van der Waals surface area contributed by atoms with E-state index in [1.165, 1.54) is 25.0 Å². The average Bonchev–Trinajstić information content (AvgIpc) is 3.22. The standard InChI is InChI=1S/C21H25FN2O2S/c22-16-9-7-15(8-10-16)21(19-6-3-13-27-19)23-20(25)14-24-11-12-26-18-5-2-1-4-17(18)24/h3,6-10,13,17-18,21H,1-2,4-5,11-12,14H2,(H,23,25)/t17-,18+,21+/m0/s1. The van der Waals surface area contributed by atoms with E-state index in [9.17, 15) is 9.18 Å². The first kappa shape index (κ1) is 18.6. The Labute approximate surface area is 163 Å². The van der Waals surface area contributed by atoms with E-state index in [1.54, 1.807) is 23.5 Å². The van der Waals surface area contributed by atoms with Crippen molar-refractivity contribution in [1.82, 2.24) is 10.2 Å². The van der Waals surface area contributed by atoms with E-state index in [1.807, 2.05) is 17.5 Å². The number of hydrogen-bond donors (Lipinski definition) is 1. The molecule has 1 N–H and O–H groups in total. The van der Waals surface area contributed by atoms with E-state index in [4.69, 9.17) is 4.74 Å². The number of amides is 1. The van der Waals surface area contributed by atoms with Gasteiger partial charge in [-0.3, -0.25) is 9.69 Å². The molecule has 0 radical (unpaired) electrons. The van der Waals surface area contributed by atoms with Crippen LogP contribution in [0.4, 0.5) is 4.39 Å². The molecule has 27 heavy (non-hydrogen) atoms. The summed E-state index contributed by atoms with van der Waals surface area (Å²) >= 11 is 1.59. The monoisotopic (exact) mass is 388 g/mol. The molecule has 1 amide bonds. The number of ether oxygens (including phenoxy) is 1. The molecule has 3 atom stereocenters. The summed E-state index contributed by atoms with van der Waals surface area (Å²) in [5.74, 6) is -0.268. The lowest BCUT2D eigenvalue weighted by atomic mass is 9.90. The maximum absolute atomic E-state index is 13.3. The van der Waals surface area contributed by atoms with Gasteiger partial charge in [0, 0.05) is 17.5 Å². The third kappa shape index (κ3) is 4.39. The fourth-order valence-electron chi connectivity index (χ4n) is 4.19. The molecule has 2 heterocycles. The summed E-state index contributed by atoms with van der Waals surface area (Å²) in [5, 5.41) is 5.16. The van der Waals surface area contributed by atoms with Crippen LogP contribution in [0, 0.1) is 5.82 Å². The van der Waals surface area contributed by atoms with E-state index in [-0.39, 0.29) is 23.9 Å². The second-order valence-electron chi connectivity index (χ2n) is 7.30. The molecule has 2 aliphatic rings. The number of morpholine rings is 1. The highest BCUT2D eigenvalue weighted by atomic mass is 32.1. The number of nitrogens with one attached hydrogen (secondary N) is 1. The lowest BCUT2D eigenvalue weighted by molar-refractivity contribution is -0.129. The predicted molar refractivity (Wildman–Crippen MR) is 104 cm³/mol. The van der Waals surface area contributed by atoms with Crippen LogP contribution in [0.25, 0.3) is 0 Å². The maximum Gasteiger partial charge on any atom is 0.234 e. The predicted octanol–water partition coefficient (Wildman–Crippen LogP) is 3.74. The van der Waals surface area contributed by atoms with Gasteiger partial charge in [-0.05, 0) is 42.0 Å². The van der Waals surface area contributed by atoms with Gasteiger partial charge < -0.3 is 10.1 Å². The Balaban J connectivity index is 1.46. The van der Waals surface area contributed by atoms with Crippen molar-refractivity contribution in [3.8, 4) is 0 Å². The summed E-state index contributed by atoms with van der Waals surface area (Å²) in [6.45, 7) is 1.88. The molecule has 1 saturated heterocycles. The molecule has 2 fully saturated rings. The number of carbonyl (C=O) groups excluding carboxylic acids is 1. The quantitative estimate of drug-likeness (QED) is 0.849. The molecular weight excluding hydrogens is 363 g/mol. The van der Waals surface area contributed by atoms with Crippen molar-refractivity contribution in [2.45, 2.75) is 43.9 Å². The zero-order valence-corrected chi connectivity index (χ0v) is 16.1. The van der Waals surface area contributed by atoms with Crippen molar-refractivity contribution >= 4 is 17.2 Å². The van der Waals surface area contributed by atoms with Crippen LogP contribution >= 0.6 is 11.3 Å². The smallest absolute Gasteiger partial charge is 0.234 e. The number of fused-ring (bicyclic) bond motifs is 1. The second-order valence-corrected chi connectivity index (χ2v) is 8.28. The maximum atomic E-state index is 13.3. The molecule has 1 aliphatic heterocycles. The topological polar surface area (TPSA) is 41.6 Å². The van der Waals surface area contributed by atoms with Gasteiger partial charge in [-0.1, -0.05) is 31.0 Å². The zero-order chi connectivity index (χ0) is 18.6. The summed E-state index contributed by atoms with van der Waals surface area (Å²) in [7, 11) is 0. The van der Waals surface area contributed by atoms with Gasteiger partial charge in [-0.25, -0.2) is 4.39 Å². The first-order valence-corrected chi connectivity index (χ1v) is 10.5. The van der Waals surface area contributed by atoms with Crippen LogP contribution in [0.2, 0.25) is 0 Å². The number of rotatable bonds is 5. The lowest BCUT2D eigenvalue weighted by Crippen LogP contribution is -2.55. The summed E-state index contributed by atoms with van der Waals surface area (Å²) in [6.07, 6.45) is 4.88. The van der Waals surface area contributed by atoms with Crippen molar-refractivity contribution in [1.29, 1.82) is 0 Å². The highest BCUT2D eigenvalue weighted by Crippen LogP contribution is 2.29. The van der Waals surface area contributed by atoms with Crippen LogP contribution in [-0.4, -0.2) is 42.6 Å². The number of halogens is 1. The van der Waals surface area contributed by atoms with Crippen LogP contribution in [0.15, 0.2) is 41.8 Å². The van der Waals surface area contributed by atoms with E-state index in [2.05, 4.69) is 10.2 Å². The zero-order valence-electron chi connectivity index (χ0n) is 15.3. The van der Waals surface area contributed by atoms with Gasteiger partial charge in [0.25, 0.3) is 0 Å². The minimum Gasteiger partial charge on any atom is -0.375 e. The molecule has 4 rings (SSSR count). The summed E-state index contributed by atoms with van der Waals surface area (Å²) < 4.78 is 19.2. The molecule has 1 aliphatic carbocycles. The van der Waals surface area contributed by atoms with Crippen LogP contribution in [0.5, 0.6) is 0 Å². The Morgan fingerprint density at radius 3 is 2.85 bits per heavy atom. The molecule has 1 aromatic carbocycles. The molecule has 6 heteroatoms. The molecule has 0 unspecified atom stereocenters. The average molecular weight is 389 g/mol. The van der Waals surface area contributed by atoms with Crippen molar-refractivity contribution in [2.75, 3.05) is 19.7 Å². The minimum atomic E-state index is -0.272. The highest BCUT2D eigenvalue weighted by Gasteiger charge is 2.35. The van der Waals surface area contributed by atoms with Crippen molar-refractivity contribution in [3.63, 3.8) is 0 Å². The fraction of sp³-hybridized carbons (Fsp3) is 0.476. The summed E-state index contributed by atoms with van der Waals surface area (Å²) in [5.41, 5.74) is 0.893. The van der Waals surface area contributed by atoms with Gasteiger partial charge in [0.2, 0.25) is 5.91 Å². The van der Waals surface area contributed by atoms with Gasteiger partial charge in [0.1, 0.15) is 5.82 Å². The number of hydrogen-bond acceptors (Lipinski definition) is 4. The van der Waals surface area contributed by atoms with Gasteiger partial charge in [-0.2, -0.15) is 0 Å². The Bertz CT molecular complexity index is 748. The molecular formula is C21H25FN2O2S. The first-order chi connectivity index (χ1) is 13.2. The Kier molecular flexibility index (Phi) is 5.86. The van der Waals surface area contributed by atoms with Crippen LogP contribution < -0.4 is 5.32 Å². The van der Waals surface area contributed by atoms with E-state index < -0.39 is 0 Å². The van der Waals surface area contributed by atoms with E-state index in [0.717, 1.165) is 29.8 Å². The first-order valence-electron chi connectivity index (χ1n) is 9.64. The highest BCUT2D eigenvalue weighted by molar-refractivity contribution is 7.10. The molecule has 0 spiro atoms. The summed E-state index contributed by atoms with van der Waals surface area (Å²) in [6, 6.07) is 10.4. The van der Waals surface area contributed by atoms with Crippen LogP contribution in [-0.2, 0) is 9.53 Å². The van der Waals surface area contributed by atoms with Gasteiger partial charge in [-0.15, -0.1) is 11.3 Å². The van der Waals surface area contributed by atoms with E-state index >= 15 is 0 Å². The second kappa shape index (κ2) is 8.50. The Morgan fingerprint density at radius 1 is 1.26 bits per heavy atom. The number of carbonyl (C=O) groups is 1. The lowest BCUT2D eigenvalue weighted by Gasteiger charge is -2.43. The third-order valence-electron chi connectivity index (χ3n) is 5.53. The normalized spacial score (nSPS) is 24.2. The van der Waals surface area contributed by atoms with Crippen molar-refractivity contribution in [2.24, 2.45) is 0 Å². The Morgan fingerprint density at radius 2 is 2.07 bits per heavy atom. The summed E-state index contributed by atoms with van der Waals surface area (Å²) in [4.78, 5) is 16.2. The fourth-order valence-corrected chi connectivity index (χ4v) is 5.00. The molecule has 1 aromatic heterocycles. The van der Waals surface area contributed by atoms with Crippen LogP contribution in [0.1, 0.15) is 42.2 Å². The molecule has 2 aromatic rings. The number of thiophene rings is 1. The van der Waals surface area contributed by atoms with Crippen molar-refractivity contribution < 1.29 is 13.9 Å². The third-order valence-corrected chi connectivity index (χ3v) is 6.47. The van der Waals surface area contributed by atoms with Crippen molar-refractivity contribution in [3.05, 3.63) is 58.0 Å². The molecule has 4 nitrogen and oxygen atoms in total. The van der Waals surface area contributed by atoms with Gasteiger partial charge in [0.05, 0.1) is 25.3 Å². The number of benzene rings is 1. The van der Waals surface area contributed by atoms with Crippen LogP contribution in [0.3, 0.4) is 0 Å². The number of nitrogens with zero attached hydrogens (tertiary/aromatic N) is 1. The van der Waals surface area contributed by atoms with E-state index in [0.29, 0.717) is 19.2 Å². The van der Waals surface area contributed by atoms with Gasteiger partial charge in [0.15, 0.2) is 0 Å². The largest absolute Gasteiger partial charge is 0.375 e. The molecule has 144 valence electrons. The molecule has 0 bridgehead atoms. The Hall–Kier alpha value is -1.76. The SMILES string of the molecule is O=C(CN1CCO[C@@H]2CCCC[C@@H]21)N[C@H](c1ccc(F)cc1)c1cccs1. The van der Waals surface area contributed by atoms with Gasteiger partial charge >= 0.3 is 0 Å². The molecule has 1 saturated carbocycles. The minimum absolute atomic E-state index is 0.00366.